The lowest BCUT2D eigenvalue weighted by molar-refractivity contribution is 0.101. The minimum Gasteiger partial charge on any atom is -0.478 e. The number of halogens is 1. The van der Waals surface area contributed by atoms with Crippen molar-refractivity contribution in [2.24, 2.45) is 0 Å². The number of nitrogens with one attached hydrogen (secondary N) is 1. The van der Waals surface area contributed by atoms with Crippen molar-refractivity contribution in [3.8, 4) is 11.6 Å². The van der Waals surface area contributed by atoms with Crippen molar-refractivity contribution >= 4 is 21.4 Å². The lowest BCUT2D eigenvalue weighted by atomic mass is 10.3. The average molecular weight is 431 g/mol. The third kappa shape index (κ3) is 4.71. The molecular weight excluding hydrogens is 413 g/mol. The van der Waals surface area contributed by atoms with E-state index in [1.54, 1.807) is 6.92 Å². The minimum absolute atomic E-state index is 0.0957. The maximum atomic E-state index is 13.3. The van der Waals surface area contributed by atoms with E-state index in [1.807, 2.05) is 0 Å². The number of rotatable bonds is 6. The number of amides is 1. The van der Waals surface area contributed by atoms with Crippen molar-refractivity contribution in [2.75, 3.05) is 18.2 Å². The van der Waals surface area contributed by atoms with Crippen LogP contribution in [0.3, 0.4) is 0 Å². The molecule has 0 atom stereocenters. The Morgan fingerprint density at radius 2 is 1.77 bits per heavy atom. The van der Waals surface area contributed by atoms with E-state index in [-0.39, 0.29) is 23.1 Å². The van der Waals surface area contributed by atoms with E-state index in [9.17, 15) is 22.4 Å². The first kappa shape index (κ1) is 21.2. The van der Waals surface area contributed by atoms with E-state index in [0.29, 0.717) is 5.69 Å². The first-order chi connectivity index (χ1) is 14.2. The molecule has 0 aliphatic carbocycles. The zero-order chi connectivity index (χ0) is 21.9. The molecule has 1 amide bonds. The van der Waals surface area contributed by atoms with Crippen LogP contribution in [0, 0.1) is 5.82 Å². The van der Waals surface area contributed by atoms with Gasteiger partial charge in [-0.25, -0.2) is 17.5 Å². The summed E-state index contributed by atoms with van der Waals surface area (Å²) in [5, 5.41) is 6.60. The highest BCUT2D eigenvalue weighted by atomic mass is 32.2. The maximum Gasteiger partial charge on any atom is 0.280 e. The second kappa shape index (κ2) is 8.46. The fourth-order valence-corrected chi connectivity index (χ4v) is 3.22. The van der Waals surface area contributed by atoms with Crippen molar-refractivity contribution in [1.29, 1.82) is 0 Å². The largest absolute Gasteiger partial charge is 0.478 e. The van der Waals surface area contributed by atoms with Gasteiger partial charge in [0.2, 0.25) is 11.3 Å². The molecule has 1 heterocycles. The Labute approximate surface area is 171 Å². The molecule has 3 rings (SSSR count). The molecule has 2 aromatic carbocycles. The Morgan fingerprint density at radius 1 is 1.13 bits per heavy atom. The van der Waals surface area contributed by atoms with Gasteiger partial charge >= 0.3 is 0 Å². The van der Waals surface area contributed by atoms with Gasteiger partial charge in [0.05, 0.1) is 23.3 Å². The molecule has 0 saturated heterocycles. The number of aromatic nitrogens is 2. The predicted molar refractivity (Wildman–Crippen MR) is 108 cm³/mol. The number of ether oxygens (including phenoxy) is 1. The Bertz CT molecular complexity index is 1240. The summed E-state index contributed by atoms with van der Waals surface area (Å²) < 4.78 is 43.0. The molecule has 1 N–H and O–H groups in total. The molecule has 0 bridgehead atoms. The first-order valence-corrected chi connectivity index (χ1v) is 10.7. The summed E-state index contributed by atoms with van der Waals surface area (Å²) >= 11 is 0. The molecule has 8 nitrogen and oxygen atoms in total. The van der Waals surface area contributed by atoms with E-state index in [2.05, 4.69) is 10.4 Å². The van der Waals surface area contributed by atoms with Crippen LogP contribution in [0.25, 0.3) is 5.69 Å². The molecule has 0 aliphatic rings. The second-order valence-corrected chi connectivity index (χ2v) is 8.28. The monoisotopic (exact) mass is 431 g/mol. The summed E-state index contributed by atoms with van der Waals surface area (Å²) in [4.78, 5) is 25.1. The fourth-order valence-electron chi connectivity index (χ4n) is 2.59. The quantitative estimate of drug-likeness (QED) is 0.642. The van der Waals surface area contributed by atoms with Crippen LogP contribution in [0.2, 0.25) is 0 Å². The van der Waals surface area contributed by atoms with E-state index in [4.69, 9.17) is 4.74 Å². The standard InChI is InChI=1S/C20H18FN3O5S/c1-3-29-18-12-17(25)19(23-24(18)15-8-4-13(21)5-9-15)20(26)22-14-6-10-16(11-7-14)30(2,27)28/h4-12H,3H2,1-2H3,(H,22,26). The maximum absolute atomic E-state index is 13.3. The molecule has 156 valence electrons. The molecule has 0 aliphatic heterocycles. The van der Waals surface area contributed by atoms with Gasteiger partial charge in [-0.2, -0.15) is 5.10 Å². The zero-order valence-electron chi connectivity index (χ0n) is 16.1. The van der Waals surface area contributed by atoms with Gasteiger partial charge in [-0.1, -0.05) is 0 Å². The Kier molecular flexibility index (Phi) is 5.97. The summed E-state index contributed by atoms with van der Waals surface area (Å²) in [6.45, 7) is 1.97. The van der Waals surface area contributed by atoms with Crippen LogP contribution in [0.4, 0.5) is 10.1 Å². The van der Waals surface area contributed by atoms with Gasteiger partial charge in [0.15, 0.2) is 15.5 Å². The average Bonchev–Trinajstić information content (AvgIpc) is 2.69. The molecule has 1 aromatic heterocycles. The lowest BCUT2D eigenvalue weighted by Gasteiger charge is -2.14. The van der Waals surface area contributed by atoms with Gasteiger partial charge in [-0.15, -0.1) is 0 Å². The number of nitrogens with zero attached hydrogens (tertiary/aromatic N) is 2. The van der Waals surface area contributed by atoms with Crippen LogP contribution in [0.1, 0.15) is 17.4 Å². The molecule has 0 unspecified atom stereocenters. The number of benzene rings is 2. The summed E-state index contributed by atoms with van der Waals surface area (Å²) in [6, 6.07) is 11.9. The Balaban J connectivity index is 1.96. The number of sulfone groups is 1. The van der Waals surface area contributed by atoms with Gasteiger partial charge in [-0.05, 0) is 55.5 Å². The third-order valence-electron chi connectivity index (χ3n) is 4.02. The van der Waals surface area contributed by atoms with Gasteiger partial charge < -0.3 is 10.1 Å². The van der Waals surface area contributed by atoms with Gasteiger partial charge in [0.25, 0.3) is 5.91 Å². The van der Waals surface area contributed by atoms with Crippen molar-refractivity contribution < 1.29 is 22.3 Å². The van der Waals surface area contributed by atoms with E-state index < -0.39 is 32.7 Å². The lowest BCUT2D eigenvalue weighted by Crippen LogP contribution is -2.26. The molecule has 10 heteroatoms. The Morgan fingerprint density at radius 3 is 2.33 bits per heavy atom. The van der Waals surface area contributed by atoms with Crippen molar-refractivity contribution in [1.82, 2.24) is 9.78 Å². The highest BCUT2D eigenvalue weighted by molar-refractivity contribution is 7.90. The SMILES string of the molecule is CCOc1cc(=O)c(C(=O)Nc2ccc(S(C)(=O)=O)cc2)nn1-c1ccc(F)cc1. The minimum atomic E-state index is -3.38. The first-order valence-electron chi connectivity index (χ1n) is 8.83. The van der Waals surface area contributed by atoms with Crippen LogP contribution >= 0.6 is 0 Å². The molecule has 30 heavy (non-hydrogen) atoms. The molecule has 0 spiro atoms. The summed E-state index contributed by atoms with van der Waals surface area (Å²) in [7, 11) is -3.38. The Hall–Kier alpha value is -3.53. The van der Waals surface area contributed by atoms with Crippen LogP contribution in [0.5, 0.6) is 5.88 Å². The summed E-state index contributed by atoms with van der Waals surface area (Å²) in [5.41, 5.74) is -0.390. The smallest absolute Gasteiger partial charge is 0.280 e. The van der Waals surface area contributed by atoms with Crippen LogP contribution in [0.15, 0.2) is 64.3 Å². The molecule has 0 saturated carbocycles. The highest BCUT2D eigenvalue weighted by Crippen LogP contribution is 2.17. The van der Waals surface area contributed by atoms with Gasteiger partial charge in [0, 0.05) is 11.9 Å². The zero-order valence-corrected chi connectivity index (χ0v) is 16.9. The van der Waals surface area contributed by atoms with E-state index in [1.165, 1.54) is 53.2 Å². The third-order valence-corrected chi connectivity index (χ3v) is 5.14. The van der Waals surface area contributed by atoms with Gasteiger partial charge in [0.1, 0.15) is 5.82 Å². The fraction of sp³-hybridized carbons (Fsp3) is 0.150. The normalized spacial score (nSPS) is 11.2. The van der Waals surface area contributed by atoms with Crippen LogP contribution in [-0.2, 0) is 9.84 Å². The molecule has 3 aromatic rings. The summed E-state index contributed by atoms with van der Waals surface area (Å²) in [6.07, 6.45) is 1.07. The molecule has 0 fully saturated rings. The second-order valence-electron chi connectivity index (χ2n) is 6.27. The van der Waals surface area contributed by atoms with Crippen LogP contribution in [-0.4, -0.2) is 37.0 Å². The van der Waals surface area contributed by atoms with E-state index >= 15 is 0 Å². The highest BCUT2D eigenvalue weighted by Gasteiger charge is 2.18. The predicted octanol–water partition coefficient (Wildman–Crippen LogP) is 2.43. The number of anilines is 1. The van der Waals surface area contributed by atoms with Crippen molar-refractivity contribution in [3.05, 3.63) is 76.3 Å². The molecular formula is C20H18FN3O5S. The van der Waals surface area contributed by atoms with Gasteiger partial charge in [-0.3, -0.25) is 9.59 Å². The summed E-state index contributed by atoms with van der Waals surface area (Å²) in [5.74, 6) is -1.14. The number of hydrogen-bond donors (Lipinski definition) is 1. The number of carbonyl (C=O) groups is 1. The number of hydrogen-bond acceptors (Lipinski definition) is 6. The van der Waals surface area contributed by atoms with E-state index in [0.717, 1.165) is 12.3 Å². The van der Waals surface area contributed by atoms with Crippen molar-refractivity contribution in [3.63, 3.8) is 0 Å². The van der Waals surface area contributed by atoms with Crippen LogP contribution < -0.4 is 15.5 Å². The topological polar surface area (TPSA) is 107 Å². The molecule has 0 radical (unpaired) electrons. The number of carbonyl (C=O) groups excluding carboxylic acids is 1. The van der Waals surface area contributed by atoms with Crippen molar-refractivity contribution in [2.45, 2.75) is 11.8 Å².